The summed E-state index contributed by atoms with van der Waals surface area (Å²) in [6.07, 6.45) is 0.940. The van der Waals surface area contributed by atoms with Gasteiger partial charge in [-0.15, -0.1) is 0 Å². The zero-order valence-corrected chi connectivity index (χ0v) is 12.5. The Kier molecular flexibility index (Phi) is 5.04. The first kappa shape index (κ1) is 15.2. The molecule has 0 radical (unpaired) electrons. The topological polar surface area (TPSA) is 38.5 Å². The Hall–Kier alpha value is -2.23. The van der Waals surface area contributed by atoms with Crippen molar-refractivity contribution in [1.82, 2.24) is 0 Å². The fraction of sp³-hybridized carbons (Fsp3) is 0.294. The van der Waals surface area contributed by atoms with Crippen LogP contribution in [0.5, 0.6) is 5.75 Å². The van der Waals surface area contributed by atoms with E-state index in [9.17, 15) is 4.39 Å². The van der Waals surface area contributed by atoms with Crippen LogP contribution in [0.15, 0.2) is 42.5 Å². The Balaban J connectivity index is 2.16. The van der Waals surface area contributed by atoms with E-state index in [-0.39, 0.29) is 5.82 Å². The largest absolute Gasteiger partial charge is 0.493 e. The summed E-state index contributed by atoms with van der Waals surface area (Å²) in [6.45, 7) is 3.18. The molecule has 0 aliphatic heterocycles. The van der Waals surface area contributed by atoms with Crippen molar-refractivity contribution in [3.8, 4) is 5.75 Å². The van der Waals surface area contributed by atoms with Crippen LogP contribution in [0.2, 0.25) is 0 Å². The molecule has 21 heavy (non-hydrogen) atoms. The van der Waals surface area contributed by atoms with E-state index in [0.29, 0.717) is 24.4 Å². The first-order valence-corrected chi connectivity index (χ1v) is 7.08. The molecule has 0 amide bonds. The maximum absolute atomic E-state index is 13.7. The molecule has 2 rings (SSSR count). The Morgan fingerprint density at radius 1 is 1.19 bits per heavy atom. The molecule has 0 aliphatic carbocycles. The Morgan fingerprint density at radius 3 is 2.67 bits per heavy atom. The molecule has 0 saturated carbocycles. The van der Waals surface area contributed by atoms with E-state index in [1.165, 1.54) is 6.07 Å². The van der Waals surface area contributed by atoms with Crippen LogP contribution in [0.3, 0.4) is 0 Å². The molecular formula is C17H21FN2O. The van der Waals surface area contributed by atoms with Crippen LogP contribution in [-0.2, 0) is 6.54 Å². The first-order chi connectivity index (χ1) is 10.1. The van der Waals surface area contributed by atoms with Gasteiger partial charge in [0.05, 0.1) is 6.61 Å². The number of anilines is 2. The molecule has 0 atom stereocenters. The number of ether oxygens (including phenoxy) is 1. The lowest BCUT2D eigenvalue weighted by molar-refractivity contribution is 0.317. The third-order valence-electron chi connectivity index (χ3n) is 3.19. The molecule has 4 heteroatoms. The van der Waals surface area contributed by atoms with Gasteiger partial charge in [-0.3, -0.25) is 0 Å². The molecule has 2 aromatic carbocycles. The van der Waals surface area contributed by atoms with Gasteiger partial charge in [0.1, 0.15) is 11.6 Å². The zero-order chi connectivity index (χ0) is 15.2. The van der Waals surface area contributed by atoms with Crippen molar-refractivity contribution in [2.45, 2.75) is 19.9 Å². The average molecular weight is 288 g/mol. The molecule has 0 aliphatic rings. The number of rotatable bonds is 6. The van der Waals surface area contributed by atoms with Crippen molar-refractivity contribution >= 4 is 11.4 Å². The second kappa shape index (κ2) is 6.97. The molecule has 0 fully saturated rings. The highest BCUT2D eigenvalue weighted by Gasteiger charge is 2.08. The monoisotopic (exact) mass is 288 g/mol. The summed E-state index contributed by atoms with van der Waals surface area (Å²) in [5.41, 5.74) is 8.11. The summed E-state index contributed by atoms with van der Waals surface area (Å²) in [5, 5.41) is 0. The molecule has 2 aromatic rings. The van der Waals surface area contributed by atoms with Crippen molar-refractivity contribution in [3.63, 3.8) is 0 Å². The van der Waals surface area contributed by atoms with E-state index in [1.807, 2.05) is 30.1 Å². The summed E-state index contributed by atoms with van der Waals surface area (Å²) in [7, 11) is 1.91. The van der Waals surface area contributed by atoms with Gasteiger partial charge in [0.25, 0.3) is 0 Å². The van der Waals surface area contributed by atoms with E-state index in [2.05, 4.69) is 6.92 Å². The van der Waals surface area contributed by atoms with Crippen LogP contribution in [0, 0.1) is 5.82 Å². The van der Waals surface area contributed by atoms with Gasteiger partial charge in [0, 0.05) is 42.7 Å². The van der Waals surface area contributed by atoms with Crippen LogP contribution < -0.4 is 15.4 Å². The second-order valence-corrected chi connectivity index (χ2v) is 5.06. The van der Waals surface area contributed by atoms with Gasteiger partial charge in [-0.1, -0.05) is 25.1 Å². The summed E-state index contributed by atoms with van der Waals surface area (Å²) in [6, 6.07) is 12.4. The van der Waals surface area contributed by atoms with Crippen LogP contribution in [0.4, 0.5) is 15.8 Å². The first-order valence-electron chi connectivity index (χ1n) is 7.08. The van der Waals surface area contributed by atoms with Gasteiger partial charge in [-0.05, 0) is 18.6 Å². The maximum Gasteiger partial charge on any atom is 0.128 e. The van der Waals surface area contributed by atoms with Crippen LogP contribution in [0.1, 0.15) is 18.9 Å². The number of benzene rings is 2. The molecule has 2 N–H and O–H groups in total. The van der Waals surface area contributed by atoms with E-state index < -0.39 is 0 Å². The lowest BCUT2D eigenvalue weighted by atomic mass is 10.2. The molecule has 0 aromatic heterocycles. The van der Waals surface area contributed by atoms with Crippen molar-refractivity contribution < 1.29 is 9.13 Å². The predicted octanol–water partition coefficient (Wildman–Crippen LogP) is 3.83. The highest BCUT2D eigenvalue weighted by molar-refractivity contribution is 5.60. The molecule has 0 heterocycles. The van der Waals surface area contributed by atoms with Crippen molar-refractivity contribution in [2.24, 2.45) is 0 Å². The third-order valence-corrected chi connectivity index (χ3v) is 3.19. The van der Waals surface area contributed by atoms with Gasteiger partial charge in [0.2, 0.25) is 0 Å². The Morgan fingerprint density at radius 2 is 1.95 bits per heavy atom. The highest BCUT2D eigenvalue weighted by atomic mass is 19.1. The molecule has 3 nitrogen and oxygen atoms in total. The molecule has 112 valence electrons. The molecule has 0 bridgehead atoms. The fourth-order valence-corrected chi connectivity index (χ4v) is 2.10. The highest BCUT2D eigenvalue weighted by Crippen LogP contribution is 2.26. The van der Waals surface area contributed by atoms with Crippen LogP contribution in [-0.4, -0.2) is 13.7 Å². The molecule has 0 spiro atoms. The normalized spacial score (nSPS) is 10.4. The summed E-state index contributed by atoms with van der Waals surface area (Å²) in [5.74, 6) is 0.544. The van der Waals surface area contributed by atoms with E-state index in [1.54, 1.807) is 18.2 Å². The summed E-state index contributed by atoms with van der Waals surface area (Å²) < 4.78 is 19.3. The number of nitrogen functional groups attached to an aromatic ring is 1. The Labute approximate surface area is 125 Å². The van der Waals surface area contributed by atoms with Crippen molar-refractivity contribution in [2.75, 3.05) is 24.3 Å². The Bertz CT molecular complexity index is 601. The molecule has 0 saturated heterocycles. The average Bonchev–Trinajstić information content (AvgIpc) is 2.47. The quantitative estimate of drug-likeness (QED) is 0.821. The van der Waals surface area contributed by atoms with Gasteiger partial charge in [-0.25, -0.2) is 4.39 Å². The van der Waals surface area contributed by atoms with Crippen molar-refractivity contribution in [3.05, 3.63) is 53.8 Å². The SMILES string of the molecule is CCCOc1cc(N)cc(N(C)Cc2ccccc2F)c1. The number of nitrogens with two attached hydrogens (primary N) is 1. The lowest BCUT2D eigenvalue weighted by Crippen LogP contribution is -2.17. The van der Waals surface area contributed by atoms with Gasteiger partial charge >= 0.3 is 0 Å². The van der Waals surface area contributed by atoms with Crippen LogP contribution >= 0.6 is 0 Å². The predicted molar refractivity (Wildman–Crippen MR) is 85.1 cm³/mol. The van der Waals surface area contributed by atoms with E-state index >= 15 is 0 Å². The van der Waals surface area contributed by atoms with Gasteiger partial charge in [0.15, 0.2) is 0 Å². The molecule has 0 unspecified atom stereocenters. The zero-order valence-electron chi connectivity index (χ0n) is 12.5. The third kappa shape index (κ3) is 4.12. The number of halogens is 1. The van der Waals surface area contributed by atoms with E-state index in [0.717, 1.165) is 17.9 Å². The van der Waals surface area contributed by atoms with Gasteiger partial charge < -0.3 is 15.4 Å². The van der Waals surface area contributed by atoms with E-state index in [4.69, 9.17) is 10.5 Å². The lowest BCUT2D eigenvalue weighted by Gasteiger charge is -2.21. The fourth-order valence-electron chi connectivity index (χ4n) is 2.10. The minimum absolute atomic E-state index is 0.198. The smallest absolute Gasteiger partial charge is 0.128 e. The minimum Gasteiger partial charge on any atom is -0.493 e. The van der Waals surface area contributed by atoms with Crippen LogP contribution in [0.25, 0.3) is 0 Å². The standard InChI is InChI=1S/C17H21FN2O/c1-3-8-21-16-10-14(19)9-15(11-16)20(2)12-13-6-4-5-7-17(13)18/h4-7,9-11H,3,8,12,19H2,1-2H3. The summed E-state index contributed by atoms with van der Waals surface area (Å²) in [4.78, 5) is 1.95. The number of hydrogen-bond acceptors (Lipinski definition) is 3. The second-order valence-electron chi connectivity index (χ2n) is 5.06. The number of hydrogen-bond donors (Lipinski definition) is 1. The number of nitrogens with zero attached hydrogens (tertiary/aromatic N) is 1. The molecular weight excluding hydrogens is 267 g/mol. The van der Waals surface area contributed by atoms with Gasteiger partial charge in [-0.2, -0.15) is 0 Å². The minimum atomic E-state index is -0.198. The maximum atomic E-state index is 13.7. The summed E-state index contributed by atoms with van der Waals surface area (Å²) >= 11 is 0. The van der Waals surface area contributed by atoms with Crippen molar-refractivity contribution in [1.29, 1.82) is 0 Å².